The summed E-state index contributed by atoms with van der Waals surface area (Å²) < 4.78 is 2.07. The molecule has 30 heavy (non-hydrogen) atoms. The molecular weight excluding hydrogens is 489 g/mol. The molecule has 0 radical (unpaired) electrons. The molecule has 2 aromatic rings. The number of aryl methyl sites for hydroxylation is 1. The van der Waals surface area contributed by atoms with Gasteiger partial charge in [-0.15, -0.1) is 34.2 Å². The van der Waals surface area contributed by atoms with Crippen LogP contribution in [0.5, 0.6) is 0 Å². The van der Waals surface area contributed by atoms with E-state index < -0.39 is 0 Å². The van der Waals surface area contributed by atoms with Gasteiger partial charge in [0.2, 0.25) is 0 Å². The van der Waals surface area contributed by atoms with E-state index in [1.807, 2.05) is 31.4 Å². The Kier molecular flexibility index (Phi) is 7.12. The van der Waals surface area contributed by atoms with Gasteiger partial charge in [-0.3, -0.25) is 14.3 Å². The molecular formula is C22H34IN7. The fourth-order valence-electron chi connectivity index (χ4n) is 5.76. The Balaban J connectivity index is 0.00000218. The number of nitrogens with one attached hydrogen (secondary N) is 1. The highest BCUT2D eigenvalue weighted by atomic mass is 127. The first-order chi connectivity index (χ1) is 14.3. The smallest absolute Gasteiger partial charge is 0.193 e. The lowest BCUT2D eigenvalue weighted by Crippen LogP contribution is -2.55. The second-order valence-electron chi connectivity index (χ2n) is 8.89. The molecule has 3 aliphatic rings. The number of piperazine rings is 1. The van der Waals surface area contributed by atoms with Crippen molar-refractivity contribution >= 4 is 35.6 Å². The van der Waals surface area contributed by atoms with E-state index in [9.17, 15) is 0 Å². The van der Waals surface area contributed by atoms with E-state index in [0.717, 1.165) is 67.8 Å². The van der Waals surface area contributed by atoms with Crippen molar-refractivity contribution < 1.29 is 0 Å². The van der Waals surface area contributed by atoms with E-state index in [2.05, 4.69) is 34.7 Å². The van der Waals surface area contributed by atoms with Crippen molar-refractivity contribution in [2.24, 2.45) is 16.8 Å². The molecule has 2 aliphatic carbocycles. The number of hydrogen-bond donors (Lipinski definition) is 1. The van der Waals surface area contributed by atoms with E-state index in [-0.39, 0.29) is 24.0 Å². The minimum absolute atomic E-state index is 0. The summed E-state index contributed by atoms with van der Waals surface area (Å²) in [6.45, 7) is 5.44. The first-order valence-corrected chi connectivity index (χ1v) is 11.3. The number of nitrogens with zero attached hydrogens (tertiary/aromatic N) is 6. The van der Waals surface area contributed by atoms with Crippen LogP contribution in [0.3, 0.4) is 0 Å². The molecule has 8 heteroatoms. The molecule has 3 unspecified atom stereocenters. The summed E-state index contributed by atoms with van der Waals surface area (Å²) >= 11 is 0. The molecule has 7 nitrogen and oxygen atoms in total. The number of halogens is 1. The van der Waals surface area contributed by atoms with Crippen LogP contribution >= 0.6 is 24.0 Å². The zero-order valence-electron chi connectivity index (χ0n) is 17.9. The van der Waals surface area contributed by atoms with Gasteiger partial charge < -0.3 is 10.2 Å². The Morgan fingerprint density at radius 2 is 2.00 bits per heavy atom. The Labute approximate surface area is 196 Å². The molecule has 3 heterocycles. The summed E-state index contributed by atoms with van der Waals surface area (Å²) in [7, 11) is 1.90. The molecule has 164 valence electrons. The van der Waals surface area contributed by atoms with Crippen LogP contribution in [0.4, 0.5) is 0 Å². The first kappa shape index (κ1) is 21.8. The molecule has 5 rings (SSSR count). The lowest BCUT2D eigenvalue weighted by Gasteiger charge is -2.42. The van der Waals surface area contributed by atoms with Gasteiger partial charge in [0.1, 0.15) is 5.82 Å². The monoisotopic (exact) mass is 523 g/mol. The van der Waals surface area contributed by atoms with Crippen LogP contribution in [-0.2, 0) is 6.42 Å². The number of fused-ring (bicyclic) bond motifs is 3. The Bertz CT molecular complexity index is 858. The lowest BCUT2D eigenvalue weighted by atomic mass is 9.93. The molecule has 3 fully saturated rings. The first-order valence-electron chi connectivity index (χ1n) is 11.3. The van der Waals surface area contributed by atoms with Gasteiger partial charge in [-0.2, -0.15) is 0 Å². The number of guanidine groups is 1. The Morgan fingerprint density at radius 3 is 2.73 bits per heavy atom. The van der Waals surface area contributed by atoms with Gasteiger partial charge in [-0.1, -0.05) is 12.5 Å². The van der Waals surface area contributed by atoms with Crippen molar-refractivity contribution in [2.75, 3.05) is 39.8 Å². The van der Waals surface area contributed by atoms with E-state index in [1.54, 1.807) is 0 Å². The van der Waals surface area contributed by atoms with Crippen molar-refractivity contribution in [2.45, 2.75) is 44.6 Å². The van der Waals surface area contributed by atoms with Crippen molar-refractivity contribution in [3.05, 3.63) is 30.2 Å². The maximum absolute atomic E-state index is 4.54. The second-order valence-corrected chi connectivity index (χ2v) is 8.89. The molecule has 0 aromatic carbocycles. The summed E-state index contributed by atoms with van der Waals surface area (Å²) in [6, 6.07) is 6.88. The molecule has 1 N–H and O–H groups in total. The van der Waals surface area contributed by atoms with Crippen LogP contribution in [0.1, 0.15) is 37.9 Å². The van der Waals surface area contributed by atoms with Crippen LogP contribution < -0.4 is 5.32 Å². The van der Waals surface area contributed by atoms with E-state index >= 15 is 0 Å². The maximum Gasteiger partial charge on any atom is 0.193 e. The lowest BCUT2D eigenvalue weighted by molar-refractivity contribution is 0.0958. The van der Waals surface area contributed by atoms with Gasteiger partial charge in [0.15, 0.2) is 11.6 Å². The topological polar surface area (TPSA) is 61.1 Å². The summed E-state index contributed by atoms with van der Waals surface area (Å²) in [5, 5.41) is 12.1. The Hall–Kier alpha value is -1.42. The molecule has 2 bridgehead atoms. The normalized spacial score (nSPS) is 26.9. The highest BCUT2D eigenvalue weighted by Crippen LogP contribution is 2.46. The van der Waals surface area contributed by atoms with Gasteiger partial charge in [-0.25, -0.2) is 0 Å². The largest absolute Gasteiger partial charge is 0.356 e. The highest BCUT2D eigenvalue weighted by Gasteiger charge is 2.42. The summed E-state index contributed by atoms with van der Waals surface area (Å²) in [5.41, 5.74) is 0.916. The standard InChI is InChI=1S/C22H33N7.HI/c1-23-22(24-9-4-6-21-26-25-20-5-2-3-10-29(20)21)28-13-11-27(12-14-28)19-16-17-7-8-18(19)15-17;/h2-3,5,10,17-19H,4,6-9,11-16H2,1H3,(H,23,24);1H. The van der Waals surface area contributed by atoms with Gasteiger partial charge in [0.25, 0.3) is 0 Å². The molecule has 0 amide bonds. The highest BCUT2D eigenvalue weighted by molar-refractivity contribution is 14.0. The predicted molar refractivity (Wildman–Crippen MR) is 130 cm³/mol. The molecule has 1 aliphatic heterocycles. The van der Waals surface area contributed by atoms with E-state index in [1.165, 1.54) is 38.8 Å². The molecule has 3 atom stereocenters. The third-order valence-electron chi connectivity index (χ3n) is 7.24. The third kappa shape index (κ3) is 4.44. The second kappa shape index (κ2) is 9.80. The van der Waals surface area contributed by atoms with Gasteiger partial charge in [-0.05, 0) is 49.7 Å². The number of aliphatic imine (C=N–C) groups is 1. The SMILES string of the molecule is CN=C(NCCCc1nnc2ccccn12)N1CCN(C2CC3CCC2C3)CC1.I. The number of hydrogen-bond acceptors (Lipinski definition) is 4. The minimum Gasteiger partial charge on any atom is -0.356 e. The average Bonchev–Trinajstić information content (AvgIpc) is 3.50. The van der Waals surface area contributed by atoms with Crippen LogP contribution in [-0.4, -0.2) is 76.2 Å². The number of rotatable bonds is 5. The van der Waals surface area contributed by atoms with Crippen LogP contribution in [0, 0.1) is 11.8 Å². The van der Waals surface area contributed by atoms with Crippen LogP contribution in [0.15, 0.2) is 29.4 Å². The quantitative estimate of drug-likeness (QED) is 0.283. The molecule has 2 saturated carbocycles. The van der Waals surface area contributed by atoms with Gasteiger partial charge in [0, 0.05) is 58.4 Å². The van der Waals surface area contributed by atoms with E-state index in [4.69, 9.17) is 0 Å². The minimum atomic E-state index is 0. The summed E-state index contributed by atoms with van der Waals surface area (Å²) in [6.07, 6.45) is 9.87. The fourth-order valence-corrected chi connectivity index (χ4v) is 5.76. The maximum atomic E-state index is 4.54. The number of pyridine rings is 1. The van der Waals surface area contributed by atoms with Crippen molar-refractivity contribution in [3.63, 3.8) is 0 Å². The Morgan fingerprint density at radius 1 is 1.13 bits per heavy atom. The van der Waals surface area contributed by atoms with Crippen LogP contribution in [0.25, 0.3) is 5.65 Å². The van der Waals surface area contributed by atoms with Crippen molar-refractivity contribution in [1.29, 1.82) is 0 Å². The van der Waals surface area contributed by atoms with Crippen molar-refractivity contribution in [1.82, 2.24) is 29.7 Å². The zero-order valence-corrected chi connectivity index (χ0v) is 20.2. The predicted octanol–water partition coefficient (Wildman–Crippen LogP) is 2.66. The molecule has 0 spiro atoms. The van der Waals surface area contributed by atoms with Crippen molar-refractivity contribution in [3.8, 4) is 0 Å². The zero-order chi connectivity index (χ0) is 19.6. The average molecular weight is 523 g/mol. The molecule has 1 saturated heterocycles. The van der Waals surface area contributed by atoms with Gasteiger partial charge in [0.05, 0.1) is 0 Å². The summed E-state index contributed by atoms with van der Waals surface area (Å²) in [5.74, 6) is 4.08. The van der Waals surface area contributed by atoms with Crippen LogP contribution in [0.2, 0.25) is 0 Å². The fraction of sp³-hybridized carbons (Fsp3) is 0.682. The molecule has 2 aromatic heterocycles. The van der Waals surface area contributed by atoms with E-state index in [0.29, 0.717) is 0 Å². The summed E-state index contributed by atoms with van der Waals surface area (Å²) in [4.78, 5) is 9.73. The number of aromatic nitrogens is 3. The van der Waals surface area contributed by atoms with Gasteiger partial charge >= 0.3 is 0 Å². The third-order valence-corrected chi connectivity index (χ3v) is 7.24.